The van der Waals surface area contributed by atoms with Gasteiger partial charge in [0, 0.05) is 12.0 Å². The molecule has 1 aliphatic heterocycles. The zero-order chi connectivity index (χ0) is 20.3. The number of aliphatic hydroxyl groups is 1. The number of esters is 1. The standard InChI is InChI=1S/C24H32O4/c1-15-7-4-5-9-17(3)28-22(27)14-19(25)13-21(26)24-20(15)12-11-18-10-6-8-16(2)23(18)24/h4-5,7,9,11-13,15-18,20,23-24,26H,6,8,10,14H2,1-3H3/b7-4-,9-5+,21-13?/t15-,16-,17+,18+,20+,23-,24+/m1/s1. The van der Waals surface area contributed by atoms with Crippen LogP contribution in [0.25, 0.3) is 0 Å². The van der Waals surface area contributed by atoms with E-state index in [1.165, 1.54) is 12.5 Å². The van der Waals surface area contributed by atoms with Gasteiger partial charge >= 0.3 is 5.97 Å². The molecule has 0 aromatic rings. The monoisotopic (exact) mass is 384 g/mol. The Bertz CT molecular complexity index is 714. The topological polar surface area (TPSA) is 63.6 Å². The summed E-state index contributed by atoms with van der Waals surface area (Å²) in [6.45, 7) is 6.18. The number of hydrogen-bond acceptors (Lipinski definition) is 4. The molecule has 1 fully saturated rings. The van der Waals surface area contributed by atoms with Crippen LogP contribution >= 0.6 is 0 Å². The van der Waals surface area contributed by atoms with Gasteiger partial charge in [-0.3, -0.25) is 9.59 Å². The zero-order valence-corrected chi connectivity index (χ0v) is 17.1. The van der Waals surface area contributed by atoms with Crippen LogP contribution in [0.1, 0.15) is 46.5 Å². The number of rotatable bonds is 0. The van der Waals surface area contributed by atoms with Crippen molar-refractivity contribution >= 4 is 11.8 Å². The average Bonchev–Trinajstić information content (AvgIpc) is 2.63. The number of hydrogen-bond donors (Lipinski definition) is 1. The highest BCUT2D eigenvalue weighted by atomic mass is 16.5. The number of allylic oxidation sites excluding steroid dienone is 7. The summed E-state index contributed by atoms with van der Waals surface area (Å²) in [6.07, 6.45) is 16.4. The number of ether oxygens (including phenoxy) is 1. The van der Waals surface area contributed by atoms with Gasteiger partial charge in [-0.1, -0.05) is 57.1 Å². The highest BCUT2D eigenvalue weighted by molar-refractivity contribution is 6.02. The Balaban J connectivity index is 2.00. The van der Waals surface area contributed by atoms with Crippen molar-refractivity contribution in [1.82, 2.24) is 0 Å². The van der Waals surface area contributed by atoms with Crippen molar-refractivity contribution < 1.29 is 19.4 Å². The molecule has 0 radical (unpaired) electrons. The molecule has 1 heterocycles. The minimum atomic E-state index is -0.565. The third-order valence-corrected chi connectivity index (χ3v) is 6.56. The van der Waals surface area contributed by atoms with Crippen LogP contribution in [0.3, 0.4) is 0 Å². The first-order valence-corrected chi connectivity index (χ1v) is 10.5. The van der Waals surface area contributed by atoms with Crippen molar-refractivity contribution in [2.45, 2.75) is 52.6 Å². The summed E-state index contributed by atoms with van der Waals surface area (Å²) in [7, 11) is 0. The summed E-state index contributed by atoms with van der Waals surface area (Å²) in [5.74, 6) is 0.651. The van der Waals surface area contributed by atoms with Crippen LogP contribution in [-0.2, 0) is 14.3 Å². The molecule has 0 bridgehead atoms. The molecule has 0 saturated heterocycles. The first kappa shape index (κ1) is 20.6. The van der Waals surface area contributed by atoms with Gasteiger partial charge in [0.1, 0.15) is 12.5 Å². The lowest BCUT2D eigenvalue weighted by Gasteiger charge is -2.46. The molecule has 0 aromatic carbocycles. The average molecular weight is 385 g/mol. The van der Waals surface area contributed by atoms with Crippen molar-refractivity contribution in [3.05, 3.63) is 48.3 Å². The molecular weight excluding hydrogens is 352 g/mol. The molecule has 0 amide bonds. The third kappa shape index (κ3) is 4.65. The Morgan fingerprint density at radius 3 is 2.54 bits per heavy atom. The van der Waals surface area contributed by atoms with E-state index in [1.807, 2.05) is 12.2 Å². The van der Waals surface area contributed by atoms with Gasteiger partial charge in [-0.05, 0) is 49.0 Å². The Kier molecular flexibility index (Phi) is 6.58. The molecule has 0 unspecified atom stereocenters. The summed E-state index contributed by atoms with van der Waals surface area (Å²) in [5.41, 5.74) is 0. The summed E-state index contributed by atoms with van der Waals surface area (Å²) in [5, 5.41) is 11.0. The predicted octanol–water partition coefficient (Wildman–Crippen LogP) is 4.94. The fourth-order valence-electron chi connectivity index (χ4n) is 5.20. The maximum absolute atomic E-state index is 12.4. The van der Waals surface area contributed by atoms with Crippen LogP contribution < -0.4 is 0 Å². The molecule has 3 aliphatic rings. The molecule has 7 atom stereocenters. The Labute approximate surface area is 168 Å². The smallest absolute Gasteiger partial charge is 0.314 e. The number of carbonyl (C=O) groups excluding carboxylic acids is 2. The second kappa shape index (κ2) is 8.93. The first-order chi connectivity index (χ1) is 13.4. The molecular formula is C24H32O4. The van der Waals surface area contributed by atoms with Gasteiger partial charge < -0.3 is 9.84 Å². The van der Waals surface area contributed by atoms with Crippen molar-refractivity contribution in [3.63, 3.8) is 0 Å². The fraction of sp³-hybridized carbons (Fsp3) is 0.583. The van der Waals surface area contributed by atoms with E-state index in [2.05, 4.69) is 32.1 Å². The molecule has 4 nitrogen and oxygen atoms in total. The second-order valence-corrected chi connectivity index (χ2v) is 8.67. The Hall–Kier alpha value is -2.10. The number of carbonyl (C=O) groups is 2. The van der Waals surface area contributed by atoms with Crippen LogP contribution in [0.15, 0.2) is 48.3 Å². The van der Waals surface area contributed by atoms with Gasteiger partial charge in [0.05, 0.1) is 5.76 Å². The van der Waals surface area contributed by atoms with E-state index in [0.29, 0.717) is 17.8 Å². The summed E-state index contributed by atoms with van der Waals surface area (Å²) >= 11 is 0. The van der Waals surface area contributed by atoms with Crippen LogP contribution in [0.4, 0.5) is 0 Å². The Morgan fingerprint density at radius 2 is 1.75 bits per heavy atom. The highest BCUT2D eigenvalue weighted by Crippen LogP contribution is 2.50. The largest absolute Gasteiger partial charge is 0.512 e. The number of aliphatic hydroxyl groups excluding tert-OH is 1. The fourth-order valence-corrected chi connectivity index (χ4v) is 5.20. The molecule has 1 saturated carbocycles. The van der Waals surface area contributed by atoms with E-state index < -0.39 is 17.9 Å². The van der Waals surface area contributed by atoms with Gasteiger partial charge in [-0.15, -0.1) is 0 Å². The van der Waals surface area contributed by atoms with E-state index in [-0.39, 0.29) is 29.9 Å². The van der Waals surface area contributed by atoms with Crippen molar-refractivity contribution in [2.75, 3.05) is 0 Å². The summed E-state index contributed by atoms with van der Waals surface area (Å²) < 4.78 is 5.23. The van der Waals surface area contributed by atoms with Gasteiger partial charge in [0.2, 0.25) is 0 Å². The normalized spacial score (nSPS) is 41.7. The number of ketones is 1. The molecule has 0 aromatic heterocycles. The molecule has 1 N–H and O–H groups in total. The zero-order valence-electron chi connectivity index (χ0n) is 17.1. The predicted molar refractivity (Wildman–Crippen MR) is 109 cm³/mol. The first-order valence-electron chi connectivity index (χ1n) is 10.5. The SMILES string of the molecule is C[C@@H]1/C=C\C=C\[C@H](C)OC(=O)CC(=O)C=C(O)[C@@H]2[C@H]1C=C[C@@H]1CCC[C@@H](C)[C@@H]21. The van der Waals surface area contributed by atoms with Crippen LogP contribution in [0, 0.1) is 35.5 Å². The third-order valence-electron chi connectivity index (χ3n) is 6.56. The van der Waals surface area contributed by atoms with E-state index in [9.17, 15) is 14.7 Å². The van der Waals surface area contributed by atoms with Gasteiger partial charge in [-0.2, -0.15) is 0 Å². The van der Waals surface area contributed by atoms with E-state index in [0.717, 1.165) is 12.8 Å². The number of cyclic esters (lactones) is 1. The maximum Gasteiger partial charge on any atom is 0.314 e. The molecule has 3 rings (SSSR count). The van der Waals surface area contributed by atoms with E-state index in [1.54, 1.807) is 13.0 Å². The van der Waals surface area contributed by atoms with E-state index >= 15 is 0 Å². The molecule has 2 aliphatic carbocycles. The van der Waals surface area contributed by atoms with Crippen LogP contribution in [0.5, 0.6) is 0 Å². The molecule has 0 spiro atoms. The summed E-state index contributed by atoms with van der Waals surface area (Å²) in [6, 6.07) is 0. The minimum Gasteiger partial charge on any atom is -0.512 e. The minimum absolute atomic E-state index is 0.101. The van der Waals surface area contributed by atoms with Crippen molar-refractivity contribution in [1.29, 1.82) is 0 Å². The van der Waals surface area contributed by atoms with Crippen molar-refractivity contribution in [3.8, 4) is 0 Å². The lowest BCUT2D eigenvalue weighted by molar-refractivity contribution is -0.147. The van der Waals surface area contributed by atoms with Crippen LogP contribution in [0.2, 0.25) is 0 Å². The lowest BCUT2D eigenvalue weighted by Crippen LogP contribution is -2.41. The van der Waals surface area contributed by atoms with Crippen molar-refractivity contribution in [2.24, 2.45) is 35.5 Å². The maximum atomic E-state index is 12.4. The van der Waals surface area contributed by atoms with Gasteiger partial charge in [0.15, 0.2) is 5.78 Å². The number of fused-ring (bicyclic) bond motifs is 3. The molecule has 152 valence electrons. The lowest BCUT2D eigenvalue weighted by atomic mass is 9.58. The quantitative estimate of drug-likeness (QED) is 0.365. The van der Waals surface area contributed by atoms with Gasteiger partial charge in [0.25, 0.3) is 0 Å². The molecule has 4 heteroatoms. The highest BCUT2D eigenvalue weighted by Gasteiger charge is 2.44. The second-order valence-electron chi connectivity index (χ2n) is 8.67. The Morgan fingerprint density at radius 1 is 1.00 bits per heavy atom. The van der Waals surface area contributed by atoms with Crippen LogP contribution in [-0.4, -0.2) is 23.0 Å². The molecule has 28 heavy (non-hydrogen) atoms. The summed E-state index contributed by atoms with van der Waals surface area (Å²) in [4.78, 5) is 24.4. The van der Waals surface area contributed by atoms with E-state index in [4.69, 9.17) is 4.74 Å². The van der Waals surface area contributed by atoms with Gasteiger partial charge in [-0.25, -0.2) is 0 Å².